The number of nitrogens with two attached hydrogens (primary N) is 1. The number of carbonyl (C=O) groups excluding carboxylic acids is 1. The van der Waals surface area contributed by atoms with E-state index in [1.807, 2.05) is 39.0 Å². The summed E-state index contributed by atoms with van der Waals surface area (Å²) < 4.78 is 0. The lowest BCUT2D eigenvalue weighted by Gasteiger charge is -2.21. The van der Waals surface area contributed by atoms with E-state index in [9.17, 15) is 4.79 Å². The molecule has 0 heterocycles. The summed E-state index contributed by atoms with van der Waals surface area (Å²) in [7, 11) is 0. The van der Waals surface area contributed by atoms with Crippen LogP contribution in [0.15, 0.2) is 24.3 Å². The lowest BCUT2D eigenvalue weighted by atomic mass is 10.0. The summed E-state index contributed by atoms with van der Waals surface area (Å²) in [6.07, 6.45) is 0. The third-order valence-electron chi connectivity index (χ3n) is 1.97. The topological polar surface area (TPSA) is 55.1 Å². The van der Waals surface area contributed by atoms with Gasteiger partial charge in [0.05, 0.1) is 0 Å². The molecule has 82 valence electrons. The van der Waals surface area contributed by atoms with Crippen LogP contribution in [0.4, 0.5) is 0 Å². The van der Waals surface area contributed by atoms with Gasteiger partial charge in [0.1, 0.15) is 0 Å². The van der Waals surface area contributed by atoms with Crippen molar-refractivity contribution in [3.63, 3.8) is 0 Å². The van der Waals surface area contributed by atoms with Gasteiger partial charge in [-0.25, -0.2) is 0 Å². The summed E-state index contributed by atoms with van der Waals surface area (Å²) in [6.45, 7) is 6.25. The molecule has 0 fully saturated rings. The Morgan fingerprint density at radius 1 is 1.33 bits per heavy atom. The molecule has 0 aliphatic heterocycles. The van der Waals surface area contributed by atoms with Crippen LogP contribution in [0.3, 0.4) is 0 Å². The van der Waals surface area contributed by atoms with Crippen molar-refractivity contribution in [3.8, 4) is 0 Å². The summed E-state index contributed by atoms with van der Waals surface area (Å²) in [5, 5.41) is 2.92. The minimum absolute atomic E-state index is 0.0662. The van der Waals surface area contributed by atoms with Gasteiger partial charge in [0.15, 0.2) is 0 Å². The molecule has 0 aromatic heterocycles. The number of benzene rings is 1. The fourth-order valence-corrected chi connectivity index (χ4v) is 1.33. The molecule has 0 atom stereocenters. The van der Waals surface area contributed by atoms with Gasteiger partial charge in [-0.05, 0) is 32.4 Å². The van der Waals surface area contributed by atoms with Gasteiger partial charge in [0, 0.05) is 17.6 Å². The van der Waals surface area contributed by atoms with Crippen LogP contribution in [0.1, 0.15) is 36.7 Å². The second-order valence-electron chi connectivity index (χ2n) is 4.57. The van der Waals surface area contributed by atoms with Crippen LogP contribution in [0.5, 0.6) is 0 Å². The number of hydrogen-bond donors (Lipinski definition) is 2. The molecule has 0 spiro atoms. The van der Waals surface area contributed by atoms with E-state index < -0.39 is 0 Å². The first-order chi connectivity index (χ1) is 6.94. The molecule has 0 unspecified atom stereocenters. The SMILES string of the molecule is CC(C)(C)NC(=O)c1ccccc1CN. The molecule has 0 saturated heterocycles. The quantitative estimate of drug-likeness (QED) is 0.773. The maximum absolute atomic E-state index is 11.9. The Bertz CT molecular complexity index is 353. The van der Waals surface area contributed by atoms with Crippen LogP contribution in [-0.2, 0) is 6.54 Å². The van der Waals surface area contributed by atoms with Crippen molar-refractivity contribution in [1.29, 1.82) is 0 Å². The predicted molar refractivity (Wildman–Crippen MR) is 61.6 cm³/mol. The van der Waals surface area contributed by atoms with E-state index in [1.165, 1.54) is 0 Å². The third kappa shape index (κ3) is 3.36. The highest BCUT2D eigenvalue weighted by atomic mass is 16.1. The molecule has 1 amide bonds. The molecular weight excluding hydrogens is 188 g/mol. The average molecular weight is 206 g/mol. The van der Waals surface area contributed by atoms with Crippen LogP contribution in [0.2, 0.25) is 0 Å². The van der Waals surface area contributed by atoms with Gasteiger partial charge in [-0.2, -0.15) is 0 Å². The molecule has 3 heteroatoms. The first kappa shape index (κ1) is 11.7. The van der Waals surface area contributed by atoms with Gasteiger partial charge in [0.25, 0.3) is 5.91 Å². The van der Waals surface area contributed by atoms with E-state index >= 15 is 0 Å². The molecule has 1 aromatic rings. The van der Waals surface area contributed by atoms with Crippen molar-refractivity contribution in [1.82, 2.24) is 5.32 Å². The Hall–Kier alpha value is -1.35. The van der Waals surface area contributed by atoms with Gasteiger partial charge < -0.3 is 11.1 Å². The number of rotatable bonds is 2. The lowest BCUT2D eigenvalue weighted by Crippen LogP contribution is -2.41. The van der Waals surface area contributed by atoms with Crippen molar-refractivity contribution in [3.05, 3.63) is 35.4 Å². The predicted octanol–water partition coefficient (Wildman–Crippen LogP) is 1.67. The molecule has 0 saturated carbocycles. The summed E-state index contributed by atoms with van der Waals surface area (Å²) >= 11 is 0. The second kappa shape index (κ2) is 4.45. The van der Waals surface area contributed by atoms with E-state index in [0.29, 0.717) is 12.1 Å². The molecule has 1 aromatic carbocycles. The van der Waals surface area contributed by atoms with Gasteiger partial charge in [-0.15, -0.1) is 0 Å². The van der Waals surface area contributed by atoms with Crippen LogP contribution in [-0.4, -0.2) is 11.4 Å². The summed E-state index contributed by atoms with van der Waals surface area (Å²) in [4.78, 5) is 11.9. The fourth-order valence-electron chi connectivity index (χ4n) is 1.33. The number of amides is 1. The van der Waals surface area contributed by atoms with Gasteiger partial charge in [-0.1, -0.05) is 18.2 Å². The molecular formula is C12H18N2O. The summed E-state index contributed by atoms with van der Waals surface area (Å²) in [6, 6.07) is 7.40. The minimum Gasteiger partial charge on any atom is -0.347 e. The zero-order valence-corrected chi connectivity index (χ0v) is 9.50. The lowest BCUT2D eigenvalue weighted by molar-refractivity contribution is 0.0918. The summed E-state index contributed by atoms with van der Waals surface area (Å²) in [5.41, 5.74) is 6.89. The Labute approximate surface area is 90.7 Å². The first-order valence-corrected chi connectivity index (χ1v) is 5.04. The van der Waals surface area contributed by atoms with Crippen molar-refractivity contribution in [2.75, 3.05) is 0 Å². The minimum atomic E-state index is -0.223. The van der Waals surface area contributed by atoms with Crippen LogP contribution < -0.4 is 11.1 Å². The highest BCUT2D eigenvalue weighted by Gasteiger charge is 2.16. The zero-order chi connectivity index (χ0) is 11.5. The Morgan fingerprint density at radius 2 is 1.93 bits per heavy atom. The number of nitrogens with one attached hydrogen (secondary N) is 1. The standard InChI is InChI=1S/C12H18N2O/c1-12(2,3)14-11(15)10-7-5-4-6-9(10)8-13/h4-7H,8,13H2,1-3H3,(H,14,15). The Kier molecular flexibility index (Phi) is 3.48. The average Bonchev–Trinajstić information content (AvgIpc) is 2.15. The second-order valence-corrected chi connectivity index (χ2v) is 4.57. The number of hydrogen-bond acceptors (Lipinski definition) is 2. The smallest absolute Gasteiger partial charge is 0.252 e. The Morgan fingerprint density at radius 3 is 2.47 bits per heavy atom. The molecule has 0 radical (unpaired) electrons. The van der Waals surface area contributed by atoms with Crippen LogP contribution in [0, 0.1) is 0 Å². The van der Waals surface area contributed by atoms with Gasteiger partial charge in [0.2, 0.25) is 0 Å². The fraction of sp³-hybridized carbons (Fsp3) is 0.417. The van der Waals surface area contributed by atoms with Gasteiger partial charge >= 0.3 is 0 Å². The van der Waals surface area contributed by atoms with Crippen molar-refractivity contribution >= 4 is 5.91 Å². The van der Waals surface area contributed by atoms with E-state index in [2.05, 4.69) is 5.32 Å². The Balaban J connectivity index is 2.91. The summed E-state index contributed by atoms with van der Waals surface area (Å²) in [5.74, 6) is -0.0662. The van der Waals surface area contributed by atoms with E-state index in [0.717, 1.165) is 5.56 Å². The van der Waals surface area contributed by atoms with E-state index in [4.69, 9.17) is 5.73 Å². The molecule has 15 heavy (non-hydrogen) atoms. The largest absolute Gasteiger partial charge is 0.347 e. The molecule has 3 nitrogen and oxygen atoms in total. The van der Waals surface area contributed by atoms with Crippen molar-refractivity contribution in [2.45, 2.75) is 32.9 Å². The normalized spacial score (nSPS) is 11.2. The first-order valence-electron chi connectivity index (χ1n) is 5.04. The van der Waals surface area contributed by atoms with Crippen molar-refractivity contribution in [2.24, 2.45) is 5.73 Å². The third-order valence-corrected chi connectivity index (χ3v) is 1.97. The number of carbonyl (C=O) groups is 1. The van der Waals surface area contributed by atoms with E-state index in [-0.39, 0.29) is 11.4 Å². The maximum atomic E-state index is 11.9. The molecule has 3 N–H and O–H groups in total. The highest BCUT2D eigenvalue weighted by Crippen LogP contribution is 2.09. The van der Waals surface area contributed by atoms with E-state index in [1.54, 1.807) is 6.07 Å². The monoisotopic (exact) mass is 206 g/mol. The zero-order valence-electron chi connectivity index (χ0n) is 9.50. The highest BCUT2D eigenvalue weighted by molar-refractivity contribution is 5.96. The maximum Gasteiger partial charge on any atom is 0.252 e. The van der Waals surface area contributed by atoms with Gasteiger partial charge in [-0.3, -0.25) is 4.79 Å². The molecule has 0 aliphatic rings. The van der Waals surface area contributed by atoms with Crippen LogP contribution >= 0.6 is 0 Å². The molecule has 1 rings (SSSR count). The molecule has 0 bridgehead atoms. The van der Waals surface area contributed by atoms with Crippen molar-refractivity contribution < 1.29 is 4.79 Å². The molecule has 0 aliphatic carbocycles. The van der Waals surface area contributed by atoms with Crippen LogP contribution in [0.25, 0.3) is 0 Å².